The molecule has 0 amide bonds. The number of nitrogens with two attached hydrogens (primary N) is 1. The monoisotopic (exact) mass is 253 g/mol. The van der Waals surface area contributed by atoms with Crippen molar-refractivity contribution in [3.8, 4) is 5.69 Å². The van der Waals surface area contributed by atoms with Gasteiger partial charge in [-0.05, 0) is 12.1 Å². The van der Waals surface area contributed by atoms with E-state index in [9.17, 15) is 0 Å². The first-order valence-electron chi connectivity index (χ1n) is 6.08. The molecule has 2 aromatic heterocycles. The Balaban J connectivity index is 1.92. The lowest BCUT2D eigenvalue weighted by Gasteiger charge is -2.08. The van der Waals surface area contributed by atoms with E-state index in [1.807, 2.05) is 59.0 Å². The molecule has 19 heavy (non-hydrogen) atoms. The van der Waals surface area contributed by atoms with Crippen molar-refractivity contribution in [1.82, 2.24) is 19.3 Å². The Morgan fingerprint density at radius 3 is 2.68 bits per heavy atom. The van der Waals surface area contributed by atoms with Crippen molar-refractivity contribution in [3.05, 3.63) is 66.5 Å². The van der Waals surface area contributed by atoms with E-state index in [1.165, 1.54) is 0 Å². The third kappa shape index (κ3) is 2.15. The predicted octanol–water partition coefficient (Wildman–Crippen LogP) is 1.65. The maximum Gasteiger partial charge on any atom is 0.130 e. The third-order valence-corrected chi connectivity index (χ3v) is 3.12. The molecule has 0 saturated heterocycles. The zero-order valence-corrected chi connectivity index (χ0v) is 10.6. The number of rotatable bonds is 3. The molecule has 2 N–H and O–H groups in total. The Labute approximate surface area is 111 Å². The van der Waals surface area contributed by atoms with Crippen molar-refractivity contribution in [2.75, 3.05) is 0 Å². The van der Waals surface area contributed by atoms with Crippen LogP contribution in [0.1, 0.15) is 17.4 Å². The quantitative estimate of drug-likeness (QED) is 0.772. The molecule has 3 rings (SSSR count). The topological polar surface area (TPSA) is 61.7 Å². The van der Waals surface area contributed by atoms with Gasteiger partial charge in [0.25, 0.3) is 0 Å². The number of hydrogen-bond donors (Lipinski definition) is 1. The highest BCUT2D eigenvalue weighted by Crippen LogP contribution is 2.18. The summed E-state index contributed by atoms with van der Waals surface area (Å²) in [7, 11) is 1.93. The van der Waals surface area contributed by atoms with Crippen molar-refractivity contribution in [3.63, 3.8) is 0 Å². The van der Waals surface area contributed by atoms with Crippen molar-refractivity contribution < 1.29 is 0 Å². The van der Waals surface area contributed by atoms with Gasteiger partial charge in [0.2, 0.25) is 0 Å². The number of nitrogens with zero attached hydrogens (tertiary/aromatic N) is 4. The van der Waals surface area contributed by atoms with Gasteiger partial charge in [-0.1, -0.05) is 18.2 Å². The Kier molecular flexibility index (Phi) is 2.89. The molecular formula is C14H15N5. The molecule has 1 unspecified atom stereocenters. The number of para-hydroxylation sites is 1. The molecule has 1 aromatic carbocycles. The van der Waals surface area contributed by atoms with Crippen molar-refractivity contribution in [2.45, 2.75) is 6.04 Å². The highest BCUT2D eigenvalue weighted by Gasteiger charge is 2.15. The van der Waals surface area contributed by atoms with Crippen LogP contribution in [0.25, 0.3) is 5.69 Å². The second-order valence-electron chi connectivity index (χ2n) is 4.43. The number of imidazole rings is 1. The predicted molar refractivity (Wildman–Crippen MR) is 72.8 cm³/mol. The Bertz CT molecular complexity index is 668. The first kappa shape index (κ1) is 11.7. The summed E-state index contributed by atoms with van der Waals surface area (Å²) in [6.07, 6.45) is 7.36. The number of aryl methyl sites for hydroxylation is 1. The third-order valence-electron chi connectivity index (χ3n) is 3.12. The van der Waals surface area contributed by atoms with E-state index in [1.54, 1.807) is 12.4 Å². The number of benzene rings is 1. The van der Waals surface area contributed by atoms with Crippen LogP contribution in [0, 0.1) is 0 Å². The molecule has 0 saturated carbocycles. The first-order valence-corrected chi connectivity index (χ1v) is 6.08. The van der Waals surface area contributed by atoms with Crippen LogP contribution < -0.4 is 5.73 Å². The van der Waals surface area contributed by atoms with Crippen LogP contribution >= 0.6 is 0 Å². The normalized spacial score (nSPS) is 12.5. The molecule has 0 radical (unpaired) electrons. The summed E-state index contributed by atoms with van der Waals surface area (Å²) >= 11 is 0. The molecule has 1 atom stereocenters. The van der Waals surface area contributed by atoms with E-state index in [0.717, 1.165) is 17.1 Å². The number of aromatic nitrogens is 4. The molecule has 0 aliphatic rings. The van der Waals surface area contributed by atoms with Gasteiger partial charge in [0.05, 0.1) is 17.9 Å². The average Bonchev–Trinajstić information content (AvgIpc) is 3.08. The Morgan fingerprint density at radius 2 is 2.00 bits per heavy atom. The summed E-state index contributed by atoms with van der Waals surface area (Å²) in [4.78, 5) is 4.28. The summed E-state index contributed by atoms with van der Waals surface area (Å²) in [5.74, 6) is 0.826. The van der Waals surface area contributed by atoms with Gasteiger partial charge in [-0.15, -0.1) is 0 Å². The van der Waals surface area contributed by atoms with Crippen LogP contribution in [0.5, 0.6) is 0 Å². The lowest BCUT2D eigenvalue weighted by Crippen LogP contribution is -2.15. The second-order valence-corrected chi connectivity index (χ2v) is 4.43. The van der Waals surface area contributed by atoms with Crippen molar-refractivity contribution in [1.29, 1.82) is 0 Å². The van der Waals surface area contributed by atoms with Gasteiger partial charge in [0.15, 0.2) is 0 Å². The van der Waals surface area contributed by atoms with Crippen molar-refractivity contribution in [2.24, 2.45) is 12.8 Å². The molecule has 0 aliphatic heterocycles. The fourth-order valence-corrected chi connectivity index (χ4v) is 2.05. The van der Waals surface area contributed by atoms with Gasteiger partial charge in [-0.2, -0.15) is 5.10 Å². The highest BCUT2D eigenvalue weighted by atomic mass is 15.3. The standard InChI is InChI=1S/C14H15N5/c1-18-8-7-16-14(18)13(15)11-9-17-19(10-11)12-5-3-2-4-6-12/h2-10,13H,15H2,1H3. The minimum atomic E-state index is -0.266. The highest BCUT2D eigenvalue weighted by molar-refractivity contribution is 5.32. The van der Waals surface area contributed by atoms with E-state index < -0.39 is 0 Å². The fraction of sp³-hybridized carbons (Fsp3) is 0.143. The van der Waals surface area contributed by atoms with Crippen LogP contribution in [-0.4, -0.2) is 19.3 Å². The second kappa shape index (κ2) is 4.70. The maximum absolute atomic E-state index is 6.22. The van der Waals surface area contributed by atoms with E-state index in [2.05, 4.69) is 10.1 Å². The molecule has 0 spiro atoms. The zero-order valence-electron chi connectivity index (χ0n) is 10.6. The lowest BCUT2D eigenvalue weighted by molar-refractivity contribution is 0.716. The SMILES string of the molecule is Cn1ccnc1C(N)c1cnn(-c2ccccc2)c1. The molecule has 96 valence electrons. The van der Waals surface area contributed by atoms with Gasteiger partial charge < -0.3 is 10.3 Å². The maximum atomic E-state index is 6.22. The number of hydrogen-bond acceptors (Lipinski definition) is 3. The van der Waals surface area contributed by atoms with Crippen LogP contribution in [0.2, 0.25) is 0 Å². The summed E-state index contributed by atoms with van der Waals surface area (Å²) in [5.41, 5.74) is 8.17. The van der Waals surface area contributed by atoms with Crippen molar-refractivity contribution >= 4 is 0 Å². The molecule has 0 fully saturated rings. The van der Waals surface area contributed by atoms with Gasteiger partial charge in [0, 0.05) is 31.2 Å². The molecule has 0 aliphatic carbocycles. The van der Waals surface area contributed by atoms with Crippen LogP contribution in [-0.2, 0) is 7.05 Å². The summed E-state index contributed by atoms with van der Waals surface area (Å²) in [6.45, 7) is 0. The van der Waals surface area contributed by atoms with Gasteiger partial charge in [-0.25, -0.2) is 9.67 Å². The molecular weight excluding hydrogens is 238 g/mol. The fourth-order valence-electron chi connectivity index (χ4n) is 2.05. The van der Waals surface area contributed by atoms with E-state index in [0.29, 0.717) is 0 Å². The van der Waals surface area contributed by atoms with E-state index in [-0.39, 0.29) is 6.04 Å². The van der Waals surface area contributed by atoms with Gasteiger partial charge in [0.1, 0.15) is 5.82 Å². The lowest BCUT2D eigenvalue weighted by atomic mass is 10.1. The Morgan fingerprint density at radius 1 is 1.21 bits per heavy atom. The first-order chi connectivity index (χ1) is 9.25. The van der Waals surface area contributed by atoms with Crippen LogP contribution in [0.15, 0.2) is 55.1 Å². The Hall–Kier alpha value is -2.40. The molecule has 0 bridgehead atoms. The molecule has 3 aromatic rings. The average molecular weight is 253 g/mol. The zero-order chi connectivity index (χ0) is 13.2. The van der Waals surface area contributed by atoms with E-state index in [4.69, 9.17) is 5.73 Å². The minimum Gasteiger partial charge on any atom is -0.336 e. The van der Waals surface area contributed by atoms with Gasteiger partial charge >= 0.3 is 0 Å². The van der Waals surface area contributed by atoms with Gasteiger partial charge in [-0.3, -0.25) is 0 Å². The smallest absolute Gasteiger partial charge is 0.130 e. The van der Waals surface area contributed by atoms with Crippen LogP contribution in [0.4, 0.5) is 0 Å². The van der Waals surface area contributed by atoms with Crippen LogP contribution in [0.3, 0.4) is 0 Å². The molecule has 5 nitrogen and oxygen atoms in total. The minimum absolute atomic E-state index is 0.266. The summed E-state index contributed by atoms with van der Waals surface area (Å²) in [5, 5.41) is 4.35. The van der Waals surface area contributed by atoms with E-state index >= 15 is 0 Å². The summed E-state index contributed by atoms with van der Waals surface area (Å²) in [6, 6.07) is 9.68. The largest absolute Gasteiger partial charge is 0.336 e. The molecule has 5 heteroatoms. The summed E-state index contributed by atoms with van der Waals surface area (Å²) < 4.78 is 3.74. The molecule has 2 heterocycles.